The molecule has 24 heavy (non-hydrogen) atoms. The summed E-state index contributed by atoms with van der Waals surface area (Å²) < 4.78 is 5.38. The average molecular weight is 325 g/mol. The highest BCUT2D eigenvalue weighted by molar-refractivity contribution is 6.03. The molecule has 126 valence electrons. The SMILES string of the molecule is CC.NC(=O)C(C(=O)Oc1ccc2c(c1)CCC2)c1ccccc1. The van der Waals surface area contributed by atoms with Crippen LogP contribution in [-0.2, 0) is 22.4 Å². The second-order valence-corrected chi connectivity index (χ2v) is 5.45. The van der Waals surface area contributed by atoms with E-state index in [2.05, 4.69) is 0 Å². The summed E-state index contributed by atoms with van der Waals surface area (Å²) >= 11 is 0. The Morgan fingerprint density at radius 3 is 2.33 bits per heavy atom. The highest BCUT2D eigenvalue weighted by atomic mass is 16.5. The lowest BCUT2D eigenvalue weighted by Crippen LogP contribution is -2.31. The van der Waals surface area contributed by atoms with Crippen molar-refractivity contribution < 1.29 is 14.3 Å². The molecule has 0 spiro atoms. The van der Waals surface area contributed by atoms with Crippen molar-refractivity contribution in [3.05, 3.63) is 65.2 Å². The van der Waals surface area contributed by atoms with Crippen molar-refractivity contribution in [2.24, 2.45) is 5.73 Å². The van der Waals surface area contributed by atoms with Crippen LogP contribution < -0.4 is 10.5 Å². The first-order valence-corrected chi connectivity index (χ1v) is 8.33. The van der Waals surface area contributed by atoms with Crippen molar-refractivity contribution in [2.45, 2.75) is 39.0 Å². The Balaban J connectivity index is 0.00000100. The van der Waals surface area contributed by atoms with Crippen LogP contribution in [0.2, 0.25) is 0 Å². The molecule has 1 amide bonds. The summed E-state index contributed by atoms with van der Waals surface area (Å²) in [5.41, 5.74) is 8.43. The summed E-state index contributed by atoms with van der Waals surface area (Å²) in [5.74, 6) is -1.98. The molecule has 1 atom stereocenters. The third kappa shape index (κ3) is 4.02. The molecular formula is C20H23NO3. The molecule has 2 N–H and O–H groups in total. The zero-order valence-electron chi connectivity index (χ0n) is 14.1. The predicted molar refractivity (Wildman–Crippen MR) is 93.8 cm³/mol. The van der Waals surface area contributed by atoms with Crippen molar-refractivity contribution in [3.63, 3.8) is 0 Å². The van der Waals surface area contributed by atoms with Crippen molar-refractivity contribution in [3.8, 4) is 5.75 Å². The zero-order valence-corrected chi connectivity index (χ0v) is 14.1. The Bertz CT molecular complexity index is 710. The van der Waals surface area contributed by atoms with Gasteiger partial charge in [0.25, 0.3) is 0 Å². The maximum Gasteiger partial charge on any atom is 0.328 e. The summed E-state index contributed by atoms with van der Waals surface area (Å²) in [7, 11) is 0. The minimum atomic E-state index is -1.09. The lowest BCUT2D eigenvalue weighted by atomic mass is 9.99. The quantitative estimate of drug-likeness (QED) is 0.532. The molecule has 0 radical (unpaired) electrons. The van der Waals surface area contributed by atoms with Crippen LogP contribution in [0.5, 0.6) is 5.75 Å². The molecule has 0 bridgehead atoms. The Morgan fingerprint density at radius 2 is 1.67 bits per heavy atom. The van der Waals surface area contributed by atoms with Gasteiger partial charge in [0.1, 0.15) is 5.75 Å². The van der Waals surface area contributed by atoms with Crippen LogP contribution in [0.1, 0.15) is 42.9 Å². The van der Waals surface area contributed by atoms with Crippen LogP contribution in [0.3, 0.4) is 0 Å². The van der Waals surface area contributed by atoms with Crippen molar-refractivity contribution in [1.82, 2.24) is 0 Å². The number of aryl methyl sites for hydroxylation is 2. The van der Waals surface area contributed by atoms with Gasteiger partial charge in [-0.05, 0) is 48.1 Å². The summed E-state index contributed by atoms with van der Waals surface area (Å²) in [6.45, 7) is 4.00. The Morgan fingerprint density at radius 1 is 1.00 bits per heavy atom. The standard InChI is InChI=1S/C18H17NO3.C2H6/c19-17(20)16(13-5-2-1-3-6-13)18(21)22-15-10-9-12-7-4-8-14(12)11-15;1-2/h1-3,5-6,9-11,16H,4,7-8H2,(H2,19,20);1-2H3. The number of carbonyl (C=O) groups is 2. The Kier molecular flexibility index (Phi) is 6.13. The number of benzene rings is 2. The fourth-order valence-electron chi connectivity index (χ4n) is 2.85. The molecule has 0 saturated heterocycles. The topological polar surface area (TPSA) is 69.4 Å². The summed E-state index contributed by atoms with van der Waals surface area (Å²) in [4.78, 5) is 24.0. The van der Waals surface area contributed by atoms with Gasteiger partial charge in [-0.1, -0.05) is 50.2 Å². The van der Waals surface area contributed by atoms with Gasteiger partial charge in [0.2, 0.25) is 5.91 Å². The van der Waals surface area contributed by atoms with E-state index in [0.717, 1.165) is 19.3 Å². The first-order chi connectivity index (χ1) is 11.6. The molecular weight excluding hydrogens is 302 g/mol. The molecule has 0 heterocycles. The number of nitrogens with two attached hydrogens (primary N) is 1. The molecule has 2 aromatic carbocycles. The number of carbonyl (C=O) groups excluding carboxylic acids is 2. The first kappa shape index (κ1) is 17.7. The van der Waals surface area contributed by atoms with Crippen LogP contribution in [0, 0.1) is 0 Å². The number of rotatable bonds is 4. The van der Waals surface area contributed by atoms with E-state index in [0.29, 0.717) is 11.3 Å². The first-order valence-electron chi connectivity index (χ1n) is 8.33. The van der Waals surface area contributed by atoms with E-state index in [9.17, 15) is 9.59 Å². The zero-order chi connectivity index (χ0) is 17.5. The minimum Gasteiger partial charge on any atom is -0.426 e. The molecule has 3 rings (SSSR count). The fourth-order valence-corrected chi connectivity index (χ4v) is 2.85. The van der Waals surface area contributed by atoms with Gasteiger partial charge in [-0.15, -0.1) is 0 Å². The second kappa shape index (κ2) is 8.29. The van der Waals surface area contributed by atoms with Gasteiger partial charge in [0.05, 0.1) is 0 Å². The van der Waals surface area contributed by atoms with Crippen molar-refractivity contribution in [1.29, 1.82) is 0 Å². The highest BCUT2D eigenvalue weighted by Gasteiger charge is 2.28. The number of fused-ring (bicyclic) bond motifs is 1. The number of hydrogen-bond donors (Lipinski definition) is 1. The summed E-state index contributed by atoms with van der Waals surface area (Å²) in [6.07, 6.45) is 3.19. The van der Waals surface area contributed by atoms with Crippen LogP contribution in [0.4, 0.5) is 0 Å². The number of hydrogen-bond acceptors (Lipinski definition) is 3. The minimum absolute atomic E-state index is 0.466. The maximum absolute atomic E-state index is 12.3. The van der Waals surface area contributed by atoms with Crippen LogP contribution in [0.25, 0.3) is 0 Å². The van der Waals surface area contributed by atoms with E-state index in [1.807, 2.05) is 32.0 Å². The molecule has 1 unspecified atom stereocenters. The van der Waals surface area contributed by atoms with Gasteiger partial charge in [0.15, 0.2) is 5.92 Å². The molecule has 1 aliphatic carbocycles. The molecule has 0 saturated carbocycles. The van der Waals surface area contributed by atoms with E-state index >= 15 is 0 Å². The summed E-state index contributed by atoms with van der Waals surface area (Å²) in [6, 6.07) is 14.3. The predicted octanol–water partition coefficient (Wildman–Crippen LogP) is 3.38. The third-order valence-electron chi connectivity index (χ3n) is 3.94. The molecule has 0 fully saturated rings. The van der Waals surface area contributed by atoms with E-state index < -0.39 is 17.8 Å². The van der Waals surface area contributed by atoms with Gasteiger partial charge in [-0.3, -0.25) is 9.59 Å². The largest absolute Gasteiger partial charge is 0.426 e. The van der Waals surface area contributed by atoms with Gasteiger partial charge >= 0.3 is 5.97 Å². The van der Waals surface area contributed by atoms with Crippen LogP contribution in [-0.4, -0.2) is 11.9 Å². The van der Waals surface area contributed by atoms with E-state index in [1.165, 1.54) is 11.1 Å². The fraction of sp³-hybridized carbons (Fsp3) is 0.300. The molecule has 1 aliphatic rings. The molecule has 0 aliphatic heterocycles. The monoisotopic (exact) mass is 325 g/mol. The van der Waals surface area contributed by atoms with Crippen molar-refractivity contribution >= 4 is 11.9 Å². The lowest BCUT2D eigenvalue weighted by molar-refractivity contribution is -0.140. The van der Waals surface area contributed by atoms with Gasteiger partial charge in [0, 0.05) is 0 Å². The number of primary amides is 1. The maximum atomic E-state index is 12.3. The van der Waals surface area contributed by atoms with E-state index in [4.69, 9.17) is 10.5 Å². The van der Waals surface area contributed by atoms with Crippen molar-refractivity contribution in [2.75, 3.05) is 0 Å². The van der Waals surface area contributed by atoms with E-state index in [1.54, 1.807) is 30.3 Å². The van der Waals surface area contributed by atoms with Gasteiger partial charge < -0.3 is 10.5 Å². The number of esters is 1. The lowest BCUT2D eigenvalue weighted by Gasteiger charge is -2.13. The molecule has 0 aromatic heterocycles. The Labute approximate surface area is 142 Å². The third-order valence-corrected chi connectivity index (χ3v) is 3.94. The van der Waals surface area contributed by atoms with Gasteiger partial charge in [-0.2, -0.15) is 0 Å². The molecule has 4 heteroatoms. The highest BCUT2D eigenvalue weighted by Crippen LogP contribution is 2.27. The number of ether oxygens (including phenoxy) is 1. The normalized spacial score (nSPS) is 13.2. The van der Waals surface area contributed by atoms with Gasteiger partial charge in [-0.25, -0.2) is 0 Å². The number of amides is 1. The average Bonchev–Trinajstić information content (AvgIpc) is 3.05. The Hall–Kier alpha value is -2.62. The molecule has 4 nitrogen and oxygen atoms in total. The van der Waals surface area contributed by atoms with E-state index in [-0.39, 0.29) is 0 Å². The van der Waals surface area contributed by atoms with Crippen LogP contribution in [0.15, 0.2) is 48.5 Å². The summed E-state index contributed by atoms with van der Waals surface area (Å²) in [5, 5.41) is 0. The smallest absolute Gasteiger partial charge is 0.328 e. The molecule has 2 aromatic rings. The van der Waals surface area contributed by atoms with Crippen LogP contribution >= 0.6 is 0 Å². The second-order valence-electron chi connectivity index (χ2n) is 5.45.